The van der Waals surface area contributed by atoms with Gasteiger partial charge >= 0.3 is 0 Å². The Labute approximate surface area is 200 Å². The lowest BCUT2D eigenvalue weighted by molar-refractivity contribution is -0.114. The summed E-state index contributed by atoms with van der Waals surface area (Å²) in [6.45, 7) is 2.37. The Morgan fingerprint density at radius 1 is 0.939 bits per heavy atom. The van der Waals surface area contributed by atoms with Crippen molar-refractivity contribution in [3.05, 3.63) is 81.7 Å². The number of benzene rings is 2. The first-order chi connectivity index (χ1) is 16.2. The Morgan fingerprint density at radius 3 is 2.45 bits per heavy atom. The molecule has 1 aliphatic rings. The molecule has 0 radical (unpaired) electrons. The Balaban J connectivity index is 1.47. The molecular formula is C28H32N2O2S. The average Bonchev–Trinajstić information content (AvgIpc) is 3.16. The minimum absolute atomic E-state index is 0.0796. The maximum Gasteiger partial charge on any atom is 0.246 e. The first-order valence-corrected chi connectivity index (χ1v) is 12.7. The Hall–Kier alpha value is -2.92. The summed E-state index contributed by atoms with van der Waals surface area (Å²) in [7, 11) is 1.66. The van der Waals surface area contributed by atoms with Crippen molar-refractivity contribution in [2.75, 3.05) is 19.0 Å². The molecule has 33 heavy (non-hydrogen) atoms. The first-order valence-electron chi connectivity index (χ1n) is 11.9. The molecule has 1 aliphatic heterocycles. The smallest absolute Gasteiger partial charge is 0.246 e. The summed E-state index contributed by atoms with van der Waals surface area (Å²) in [5.74, 6) is 0.683. The summed E-state index contributed by atoms with van der Waals surface area (Å²) < 4.78 is 5.56. The molecule has 1 N–H and O–H groups in total. The van der Waals surface area contributed by atoms with E-state index in [4.69, 9.17) is 4.74 Å². The second kappa shape index (κ2) is 11.3. The van der Waals surface area contributed by atoms with Gasteiger partial charge in [0.1, 0.15) is 17.3 Å². The number of fused-ring (bicyclic) bond motifs is 1. The van der Waals surface area contributed by atoms with Gasteiger partial charge in [-0.3, -0.25) is 9.79 Å². The molecule has 0 saturated heterocycles. The fourth-order valence-corrected chi connectivity index (χ4v) is 5.28. The lowest BCUT2D eigenvalue weighted by Crippen LogP contribution is -2.12. The Morgan fingerprint density at radius 2 is 1.70 bits per heavy atom. The number of para-hydroxylation sites is 1. The number of ether oxygens (including phenoxy) is 1. The molecule has 4 nitrogen and oxygen atoms in total. The van der Waals surface area contributed by atoms with Crippen LogP contribution in [-0.2, 0) is 24.1 Å². The summed E-state index contributed by atoms with van der Waals surface area (Å²) in [6, 6.07) is 19.1. The van der Waals surface area contributed by atoms with Gasteiger partial charge in [0.2, 0.25) is 5.91 Å². The Bertz CT molecular complexity index is 1120. The van der Waals surface area contributed by atoms with E-state index in [0.29, 0.717) is 0 Å². The van der Waals surface area contributed by atoms with E-state index >= 15 is 0 Å². The van der Waals surface area contributed by atoms with Gasteiger partial charge in [0.15, 0.2) is 0 Å². The molecule has 3 aromatic rings. The topological polar surface area (TPSA) is 50.7 Å². The largest absolute Gasteiger partial charge is 0.496 e. The predicted octanol–water partition coefficient (Wildman–Crippen LogP) is 6.45. The molecular weight excluding hydrogens is 428 g/mol. The van der Waals surface area contributed by atoms with Gasteiger partial charge in [0, 0.05) is 16.0 Å². The summed E-state index contributed by atoms with van der Waals surface area (Å²) in [5.41, 5.74) is 5.48. The van der Waals surface area contributed by atoms with Crippen LogP contribution in [0.15, 0.2) is 59.6 Å². The van der Waals surface area contributed by atoms with Crippen molar-refractivity contribution < 1.29 is 9.53 Å². The zero-order valence-corrected chi connectivity index (χ0v) is 20.3. The van der Waals surface area contributed by atoms with Crippen molar-refractivity contribution in [1.82, 2.24) is 0 Å². The number of rotatable bonds is 10. The zero-order valence-electron chi connectivity index (χ0n) is 19.5. The molecule has 0 unspecified atom stereocenters. The van der Waals surface area contributed by atoms with Crippen molar-refractivity contribution in [3.8, 4) is 5.75 Å². The highest BCUT2D eigenvalue weighted by Crippen LogP contribution is 2.34. The number of unbranched alkanes of at least 4 members (excludes halogenated alkanes) is 3. The maximum atomic E-state index is 12.3. The van der Waals surface area contributed by atoms with E-state index < -0.39 is 0 Å². The molecule has 0 bridgehead atoms. The van der Waals surface area contributed by atoms with E-state index in [2.05, 4.69) is 47.6 Å². The summed E-state index contributed by atoms with van der Waals surface area (Å²) >= 11 is 1.65. The first kappa shape index (κ1) is 23.2. The predicted molar refractivity (Wildman–Crippen MR) is 138 cm³/mol. The number of aryl methyl sites for hydroxylation is 3. The van der Waals surface area contributed by atoms with Crippen molar-refractivity contribution in [2.24, 2.45) is 4.99 Å². The van der Waals surface area contributed by atoms with Crippen LogP contribution in [0.25, 0.3) is 0 Å². The van der Waals surface area contributed by atoms with Crippen LogP contribution in [0.1, 0.15) is 59.7 Å². The van der Waals surface area contributed by atoms with E-state index in [1.807, 2.05) is 24.3 Å². The van der Waals surface area contributed by atoms with Gasteiger partial charge in [-0.1, -0.05) is 62.6 Å². The number of methoxy groups -OCH3 is 1. The van der Waals surface area contributed by atoms with Gasteiger partial charge in [-0.05, 0) is 55.0 Å². The molecule has 1 amide bonds. The minimum atomic E-state index is -0.0796. The second-order valence-corrected chi connectivity index (χ2v) is 9.63. The van der Waals surface area contributed by atoms with Gasteiger partial charge in [0.25, 0.3) is 0 Å². The maximum absolute atomic E-state index is 12.3. The monoisotopic (exact) mass is 460 g/mol. The zero-order chi connectivity index (χ0) is 23.0. The number of hydrogen-bond donors (Lipinski definition) is 1. The van der Waals surface area contributed by atoms with Crippen LogP contribution in [0.5, 0.6) is 5.75 Å². The highest BCUT2D eigenvalue weighted by molar-refractivity contribution is 7.16. The molecule has 0 fully saturated rings. The third kappa shape index (κ3) is 5.91. The second-order valence-electron chi connectivity index (χ2n) is 8.50. The number of amides is 1. The molecule has 0 spiro atoms. The molecule has 2 aromatic carbocycles. The lowest BCUT2D eigenvalue weighted by Gasteiger charge is -2.10. The lowest BCUT2D eigenvalue weighted by atomic mass is 10.0. The normalized spacial score (nSPS) is 13.2. The standard InChI is InChI=1S/C28H32N2O2S/c1-3-4-5-6-9-20-12-14-21(15-13-20)16-17-22-18-24-27(23-10-7-8-11-25(23)32-2)29-19-26(31)30-28(24)33-22/h7-8,10-15,18H,3-6,9,16-17,19H2,1-2H3,(H,30,31). The number of hydrogen-bond acceptors (Lipinski definition) is 4. The SMILES string of the molecule is CCCCCCc1ccc(CCc2cc3c(s2)NC(=O)CN=C3c2ccccc2OC)cc1. The third-order valence-electron chi connectivity index (χ3n) is 6.04. The number of aliphatic imine (C=N–C) groups is 1. The highest BCUT2D eigenvalue weighted by Gasteiger charge is 2.23. The molecule has 5 heteroatoms. The van der Waals surface area contributed by atoms with Crippen molar-refractivity contribution >= 4 is 28.0 Å². The molecule has 2 heterocycles. The minimum Gasteiger partial charge on any atom is -0.496 e. The van der Waals surface area contributed by atoms with E-state index in [1.54, 1.807) is 18.4 Å². The molecule has 172 valence electrons. The van der Waals surface area contributed by atoms with Crippen LogP contribution in [0.4, 0.5) is 5.00 Å². The van der Waals surface area contributed by atoms with Crippen molar-refractivity contribution in [3.63, 3.8) is 0 Å². The number of nitrogens with zero attached hydrogens (tertiary/aromatic N) is 1. The number of nitrogens with one attached hydrogen (secondary N) is 1. The van der Waals surface area contributed by atoms with Gasteiger partial charge < -0.3 is 10.1 Å². The quantitative estimate of drug-likeness (QED) is 0.353. The molecule has 0 saturated carbocycles. The summed E-state index contributed by atoms with van der Waals surface area (Å²) in [6.07, 6.45) is 8.28. The van der Waals surface area contributed by atoms with Crippen LogP contribution >= 0.6 is 11.3 Å². The molecule has 1 aromatic heterocycles. The average molecular weight is 461 g/mol. The number of thiophene rings is 1. The van der Waals surface area contributed by atoms with Crippen molar-refractivity contribution in [2.45, 2.75) is 51.9 Å². The van der Waals surface area contributed by atoms with Crippen LogP contribution in [-0.4, -0.2) is 25.3 Å². The van der Waals surface area contributed by atoms with Crippen LogP contribution < -0.4 is 10.1 Å². The van der Waals surface area contributed by atoms with Gasteiger partial charge in [-0.15, -0.1) is 11.3 Å². The van der Waals surface area contributed by atoms with Gasteiger partial charge in [0.05, 0.1) is 12.8 Å². The van der Waals surface area contributed by atoms with Gasteiger partial charge in [-0.2, -0.15) is 0 Å². The van der Waals surface area contributed by atoms with E-state index in [-0.39, 0.29) is 12.5 Å². The summed E-state index contributed by atoms with van der Waals surface area (Å²) in [5, 5.41) is 3.91. The van der Waals surface area contributed by atoms with Crippen LogP contribution in [0.2, 0.25) is 0 Å². The number of anilines is 1. The number of carbonyl (C=O) groups excluding carboxylic acids is 1. The molecule has 0 aliphatic carbocycles. The molecule has 0 atom stereocenters. The highest BCUT2D eigenvalue weighted by atomic mass is 32.1. The third-order valence-corrected chi connectivity index (χ3v) is 7.15. The van der Waals surface area contributed by atoms with Gasteiger partial charge in [-0.25, -0.2) is 0 Å². The van der Waals surface area contributed by atoms with E-state index in [0.717, 1.165) is 40.4 Å². The number of carbonyl (C=O) groups is 1. The fourth-order valence-electron chi connectivity index (χ4n) is 4.20. The summed E-state index contributed by atoms with van der Waals surface area (Å²) in [4.78, 5) is 18.1. The van der Waals surface area contributed by atoms with Crippen LogP contribution in [0, 0.1) is 0 Å². The Kier molecular flexibility index (Phi) is 7.95. The van der Waals surface area contributed by atoms with Crippen LogP contribution in [0.3, 0.4) is 0 Å². The molecule has 4 rings (SSSR count). The van der Waals surface area contributed by atoms with Crippen molar-refractivity contribution in [1.29, 1.82) is 0 Å². The van der Waals surface area contributed by atoms with E-state index in [1.165, 1.54) is 48.1 Å². The van der Waals surface area contributed by atoms with E-state index in [9.17, 15) is 4.79 Å². The fraction of sp³-hybridized carbons (Fsp3) is 0.357.